The maximum absolute atomic E-state index is 12.7. The lowest BCUT2D eigenvalue weighted by Gasteiger charge is -2.27. The van der Waals surface area contributed by atoms with E-state index < -0.39 is 5.97 Å². The van der Waals surface area contributed by atoms with Crippen molar-refractivity contribution in [1.29, 1.82) is 0 Å². The topological polar surface area (TPSA) is 93.9 Å². The smallest absolute Gasteiger partial charge is 0.338 e. The molecule has 3 N–H and O–H groups in total. The van der Waals surface area contributed by atoms with Crippen molar-refractivity contribution >= 4 is 68.1 Å². The molecule has 0 amide bonds. The molecule has 3 aromatic rings. The van der Waals surface area contributed by atoms with E-state index in [0.29, 0.717) is 50.8 Å². The van der Waals surface area contributed by atoms with Gasteiger partial charge in [0.25, 0.3) is 0 Å². The van der Waals surface area contributed by atoms with Crippen LogP contribution in [0.3, 0.4) is 0 Å². The van der Waals surface area contributed by atoms with Crippen molar-refractivity contribution in [1.82, 2.24) is 4.90 Å². The Balaban J connectivity index is 1.20. The van der Waals surface area contributed by atoms with E-state index in [4.69, 9.17) is 38.4 Å². The summed E-state index contributed by atoms with van der Waals surface area (Å²) in [6.07, 6.45) is 4.85. The molecule has 0 unspecified atom stereocenters. The van der Waals surface area contributed by atoms with Crippen molar-refractivity contribution in [2.45, 2.75) is 45.1 Å². The molecular formula is C31H34BrCl2N3O4. The molecule has 10 heteroatoms. The van der Waals surface area contributed by atoms with Gasteiger partial charge in [-0.25, -0.2) is 4.79 Å². The van der Waals surface area contributed by atoms with E-state index in [1.54, 1.807) is 24.3 Å². The third kappa shape index (κ3) is 9.10. The Morgan fingerprint density at radius 3 is 2.32 bits per heavy atom. The summed E-state index contributed by atoms with van der Waals surface area (Å²) in [6, 6.07) is 16.2. The quantitative estimate of drug-likeness (QED) is 0.116. The number of hydrogen-bond donors (Lipinski definition) is 2. The number of ether oxygens (including phenoxy) is 2. The Morgan fingerprint density at radius 2 is 1.59 bits per heavy atom. The number of anilines is 3. The molecular weight excluding hydrogens is 629 g/mol. The zero-order chi connectivity index (χ0) is 29.2. The van der Waals surface area contributed by atoms with Crippen molar-refractivity contribution in [2.75, 3.05) is 37.4 Å². The van der Waals surface area contributed by atoms with Crippen LogP contribution in [-0.4, -0.2) is 43.1 Å². The molecule has 0 atom stereocenters. The zero-order valence-electron chi connectivity index (χ0n) is 22.8. The summed E-state index contributed by atoms with van der Waals surface area (Å²) < 4.78 is 11.6. The molecule has 1 fully saturated rings. The van der Waals surface area contributed by atoms with Crippen molar-refractivity contribution in [3.8, 4) is 0 Å². The molecule has 1 saturated heterocycles. The Bertz CT molecular complexity index is 1340. The minimum Gasteiger partial charge on any atom is -0.465 e. The Kier molecular flexibility index (Phi) is 11.7. The summed E-state index contributed by atoms with van der Waals surface area (Å²) in [6.45, 7) is 3.25. The van der Waals surface area contributed by atoms with E-state index in [-0.39, 0.29) is 25.6 Å². The Labute approximate surface area is 259 Å². The highest BCUT2D eigenvalue weighted by molar-refractivity contribution is 9.10. The summed E-state index contributed by atoms with van der Waals surface area (Å²) in [4.78, 5) is 27.6. The van der Waals surface area contributed by atoms with Crippen LogP contribution in [0.1, 0.15) is 53.6 Å². The number of para-hydroxylation sites is 2. The molecule has 1 aliphatic rings. The van der Waals surface area contributed by atoms with Gasteiger partial charge in [-0.05, 0) is 96.2 Å². The maximum atomic E-state index is 12.7. The monoisotopic (exact) mass is 661 g/mol. The lowest BCUT2D eigenvalue weighted by Crippen LogP contribution is -2.29. The van der Waals surface area contributed by atoms with E-state index in [2.05, 4.69) is 26.1 Å². The third-order valence-electron chi connectivity index (χ3n) is 6.90. The first kappa shape index (κ1) is 31.2. The molecule has 0 spiro atoms. The minimum atomic E-state index is -0.398. The number of esters is 2. The molecule has 1 aliphatic heterocycles. The van der Waals surface area contributed by atoms with Crippen molar-refractivity contribution in [3.63, 3.8) is 0 Å². The number of unbranched alkanes of at least 4 members (excludes halogenated alkanes) is 1. The fourth-order valence-electron chi connectivity index (χ4n) is 4.68. The van der Waals surface area contributed by atoms with E-state index in [1.165, 1.54) is 19.3 Å². The van der Waals surface area contributed by atoms with Gasteiger partial charge in [-0.15, -0.1) is 0 Å². The van der Waals surface area contributed by atoms with Crippen molar-refractivity contribution in [2.24, 2.45) is 0 Å². The largest absolute Gasteiger partial charge is 0.465 e. The molecule has 1 heterocycles. The van der Waals surface area contributed by atoms with Crippen LogP contribution in [0.5, 0.6) is 0 Å². The first-order valence-electron chi connectivity index (χ1n) is 13.7. The number of nitrogens with two attached hydrogens (primary N) is 1. The second-order valence-electron chi connectivity index (χ2n) is 9.99. The fraction of sp³-hybridized carbons (Fsp3) is 0.355. The molecule has 7 nitrogen and oxygen atoms in total. The Morgan fingerprint density at radius 1 is 0.902 bits per heavy atom. The van der Waals surface area contributed by atoms with Crippen LogP contribution in [0.2, 0.25) is 10.0 Å². The molecule has 41 heavy (non-hydrogen) atoms. The highest BCUT2D eigenvalue weighted by atomic mass is 79.9. The second kappa shape index (κ2) is 15.4. The second-order valence-corrected chi connectivity index (χ2v) is 11.7. The highest BCUT2D eigenvalue weighted by Crippen LogP contribution is 2.34. The van der Waals surface area contributed by atoms with Crippen LogP contribution in [-0.2, 0) is 27.2 Å². The summed E-state index contributed by atoms with van der Waals surface area (Å²) in [5, 5.41) is 4.19. The number of halogens is 3. The van der Waals surface area contributed by atoms with Gasteiger partial charge in [0.2, 0.25) is 0 Å². The van der Waals surface area contributed by atoms with Gasteiger partial charge in [0.05, 0.1) is 46.6 Å². The first-order valence-corrected chi connectivity index (χ1v) is 15.3. The number of likely N-dealkylation sites (tertiary alicyclic amines) is 1. The van der Waals surface area contributed by atoms with Gasteiger partial charge in [0.1, 0.15) is 0 Å². The lowest BCUT2D eigenvalue weighted by atomic mass is 10.1. The average Bonchev–Trinajstić information content (AvgIpc) is 2.96. The number of piperidine rings is 1. The molecule has 3 aromatic carbocycles. The van der Waals surface area contributed by atoms with Crippen LogP contribution >= 0.6 is 39.1 Å². The van der Waals surface area contributed by atoms with Gasteiger partial charge in [-0.1, -0.05) is 53.9 Å². The van der Waals surface area contributed by atoms with E-state index in [9.17, 15) is 9.59 Å². The van der Waals surface area contributed by atoms with Crippen molar-refractivity contribution < 1.29 is 19.1 Å². The average molecular weight is 663 g/mol. The van der Waals surface area contributed by atoms with Crippen molar-refractivity contribution in [3.05, 3.63) is 85.8 Å². The fourth-order valence-corrected chi connectivity index (χ4v) is 5.67. The summed E-state index contributed by atoms with van der Waals surface area (Å²) in [5.74, 6) is -0.750. The molecule has 0 radical (unpaired) electrons. The molecule has 0 aromatic heterocycles. The number of nitrogen functional groups attached to an aromatic ring is 1. The van der Waals surface area contributed by atoms with Gasteiger partial charge in [0, 0.05) is 16.7 Å². The van der Waals surface area contributed by atoms with Gasteiger partial charge < -0.3 is 20.5 Å². The van der Waals surface area contributed by atoms with Crippen LogP contribution in [0.15, 0.2) is 59.1 Å². The normalized spacial score (nSPS) is 13.5. The summed E-state index contributed by atoms with van der Waals surface area (Å²) in [5.41, 5.74) is 10.4. The van der Waals surface area contributed by atoms with Crippen LogP contribution in [0, 0.1) is 0 Å². The number of carbonyl (C=O) groups is 2. The molecule has 0 aliphatic carbocycles. The van der Waals surface area contributed by atoms with Gasteiger partial charge in [0.15, 0.2) is 0 Å². The molecule has 0 saturated carbocycles. The first-order chi connectivity index (χ1) is 19.8. The van der Waals surface area contributed by atoms with E-state index in [1.807, 2.05) is 30.3 Å². The maximum Gasteiger partial charge on any atom is 0.338 e. The molecule has 4 rings (SSSR count). The SMILES string of the molecule is Nc1c(Br)cc(C(=O)OCCCCOC(=O)Cc2ccccc2Nc2c(Cl)cccc2Cl)cc1CN1CCCCC1. The lowest BCUT2D eigenvalue weighted by molar-refractivity contribution is -0.143. The number of nitrogens with one attached hydrogen (secondary N) is 1. The predicted octanol–water partition coefficient (Wildman–Crippen LogP) is 7.79. The van der Waals surface area contributed by atoms with Crippen LogP contribution in [0.4, 0.5) is 17.1 Å². The highest BCUT2D eigenvalue weighted by Gasteiger charge is 2.17. The standard InChI is InChI=1S/C31H34BrCl2N3O4/c32-24-18-22(17-23(29(24)35)20-37-13-4-1-5-14-37)31(39)41-16-7-6-15-40-28(38)19-21-9-2-3-12-27(21)36-30-25(33)10-8-11-26(30)34/h2-3,8-12,17-18,36H,1,4-7,13-16,19-20,35H2. The number of hydrogen-bond acceptors (Lipinski definition) is 7. The van der Waals surface area contributed by atoms with E-state index in [0.717, 1.165) is 29.9 Å². The Hall–Kier alpha value is -2.78. The minimum absolute atomic E-state index is 0.0893. The molecule has 218 valence electrons. The third-order valence-corrected chi connectivity index (χ3v) is 8.19. The van der Waals surface area contributed by atoms with E-state index >= 15 is 0 Å². The predicted molar refractivity (Wildman–Crippen MR) is 168 cm³/mol. The number of benzene rings is 3. The van der Waals surface area contributed by atoms with Crippen LogP contribution < -0.4 is 11.1 Å². The summed E-state index contributed by atoms with van der Waals surface area (Å²) in [7, 11) is 0. The van der Waals surface area contributed by atoms with Crippen LogP contribution in [0.25, 0.3) is 0 Å². The van der Waals surface area contributed by atoms with Gasteiger partial charge >= 0.3 is 11.9 Å². The zero-order valence-corrected chi connectivity index (χ0v) is 25.9. The number of rotatable bonds is 12. The van der Waals surface area contributed by atoms with Gasteiger partial charge in [-0.3, -0.25) is 9.69 Å². The number of carbonyl (C=O) groups excluding carboxylic acids is 2. The molecule has 0 bridgehead atoms. The number of nitrogens with zero attached hydrogens (tertiary/aromatic N) is 1. The van der Waals surface area contributed by atoms with Gasteiger partial charge in [-0.2, -0.15) is 0 Å². The summed E-state index contributed by atoms with van der Waals surface area (Å²) >= 11 is 16.0.